The van der Waals surface area contributed by atoms with Crippen LogP contribution in [0.15, 0.2) is 30.3 Å². The van der Waals surface area contributed by atoms with E-state index in [0.717, 1.165) is 12.8 Å². The number of carbonyl (C=O) groups excluding carboxylic acids is 2. The highest BCUT2D eigenvalue weighted by Crippen LogP contribution is 2.29. The molecule has 0 N–H and O–H groups in total. The minimum Gasteiger partial charge on any atom is -0.469 e. The van der Waals surface area contributed by atoms with Crippen molar-refractivity contribution in [1.29, 1.82) is 0 Å². The fourth-order valence-corrected chi connectivity index (χ4v) is 2.10. The molecule has 4 heteroatoms. The van der Waals surface area contributed by atoms with Crippen LogP contribution in [0.25, 0.3) is 0 Å². The number of amides is 1. The Labute approximate surface area is 113 Å². The standard InChI is InChI=1S/C15H19NO3/c1-11(15(18)19-2)10-16(13-8-9-13)14(17)12-6-4-3-5-7-12/h3-7,11,13H,8-10H2,1-2H3. The molecule has 0 aromatic heterocycles. The first-order chi connectivity index (χ1) is 9.13. The average Bonchev–Trinajstić information content (AvgIpc) is 3.28. The van der Waals surface area contributed by atoms with Crippen LogP contribution in [0.2, 0.25) is 0 Å². The Morgan fingerprint density at radius 3 is 2.47 bits per heavy atom. The molecular weight excluding hydrogens is 242 g/mol. The normalized spacial score (nSPS) is 15.7. The molecule has 1 amide bonds. The lowest BCUT2D eigenvalue weighted by Gasteiger charge is -2.25. The van der Waals surface area contributed by atoms with Gasteiger partial charge in [-0.3, -0.25) is 9.59 Å². The molecule has 1 atom stereocenters. The van der Waals surface area contributed by atoms with E-state index in [1.807, 2.05) is 18.2 Å². The van der Waals surface area contributed by atoms with Gasteiger partial charge in [0.05, 0.1) is 13.0 Å². The van der Waals surface area contributed by atoms with Gasteiger partial charge in [-0.1, -0.05) is 25.1 Å². The zero-order chi connectivity index (χ0) is 13.8. The maximum Gasteiger partial charge on any atom is 0.310 e. The second kappa shape index (κ2) is 5.87. The van der Waals surface area contributed by atoms with Crippen molar-refractivity contribution >= 4 is 11.9 Å². The second-order valence-electron chi connectivity index (χ2n) is 4.98. The van der Waals surface area contributed by atoms with Gasteiger partial charge in [0.2, 0.25) is 0 Å². The van der Waals surface area contributed by atoms with Gasteiger partial charge in [-0.25, -0.2) is 0 Å². The molecule has 102 valence electrons. The Morgan fingerprint density at radius 2 is 1.95 bits per heavy atom. The molecule has 2 rings (SSSR count). The van der Waals surface area contributed by atoms with Crippen molar-refractivity contribution in [2.24, 2.45) is 5.92 Å². The van der Waals surface area contributed by atoms with E-state index in [1.54, 1.807) is 24.0 Å². The Kier molecular flexibility index (Phi) is 4.20. The van der Waals surface area contributed by atoms with Gasteiger partial charge >= 0.3 is 5.97 Å². The minimum atomic E-state index is -0.293. The lowest BCUT2D eigenvalue weighted by atomic mass is 10.1. The Morgan fingerprint density at radius 1 is 1.32 bits per heavy atom. The van der Waals surface area contributed by atoms with Crippen LogP contribution in [0.4, 0.5) is 0 Å². The SMILES string of the molecule is COC(=O)C(C)CN(C(=O)c1ccccc1)C1CC1. The number of hydrogen-bond acceptors (Lipinski definition) is 3. The predicted molar refractivity (Wildman–Crippen MR) is 71.7 cm³/mol. The van der Waals surface area contributed by atoms with Crippen LogP contribution < -0.4 is 0 Å². The van der Waals surface area contributed by atoms with Crippen LogP contribution in [0, 0.1) is 5.92 Å². The summed E-state index contributed by atoms with van der Waals surface area (Å²) in [5.41, 5.74) is 0.673. The molecule has 1 aliphatic rings. The molecule has 0 radical (unpaired) electrons. The van der Waals surface area contributed by atoms with E-state index in [0.29, 0.717) is 12.1 Å². The summed E-state index contributed by atoms with van der Waals surface area (Å²) >= 11 is 0. The average molecular weight is 261 g/mol. The molecule has 4 nitrogen and oxygen atoms in total. The number of nitrogens with zero attached hydrogens (tertiary/aromatic N) is 1. The maximum atomic E-state index is 12.4. The van der Waals surface area contributed by atoms with Gasteiger partial charge < -0.3 is 9.64 Å². The van der Waals surface area contributed by atoms with E-state index in [-0.39, 0.29) is 23.8 Å². The number of hydrogen-bond donors (Lipinski definition) is 0. The van der Waals surface area contributed by atoms with Gasteiger partial charge in [-0.2, -0.15) is 0 Å². The van der Waals surface area contributed by atoms with E-state index in [2.05, 4.69) is 0 Å². The monoisotopic (exact) mass is 261 g/mol. The summed E-state index contributed by atoms with van der Waals surface area (Å²) in [6, 6.07) is 9.47. The van der Waals surface area contributed by atoms with Gasteiger partial charge in [0.15, 0.2) is 0 Å². The molecule has 0 heterocycles. The molecule has 1 saturated carbocycles. The number of rotatable bonds is 5. The summed E-state index contributed by atoms with van der Waals surface area (Å²) in [7, 11) is 1.37. The van der Waals surface area contributed by atoms with Gasteiger partial charge in [-0.05, 0) is 25.0 Å². The minimum absolute atomic E-state index is 0.00106. The Balaban J connectivity index is 2.08. The summed E-state index contributed by atoms with van der Waals surface area (Å²) in [4.78, 5) is 25.7. The number of benzene rings is 1. The molecule has 19 heavy (non-hydrogen) atoms. The van der Waals surface area contributed by atoms with Gasteiger partial charge in [0.25, 0.3) is 5.91 Å². The van der Waals surface area contributed by atoms with Crippen LogP contribution in [0.5, 0.6) is 0 Å². The van der Waals surface area contributed by atoms with Crippen LogP contribution in [0.3, 0.4) is 0 Å². The third kappa shape index (κ3) is 3.34. The lowest BCUT2D eigenvalue weighted by molar-refractivity contribution is -0.145. The van der Waals surface area contributed by atoms with E-state index in [1.165, 1.54) is 7.11 Å². The fraction of sp³-hybridized carbons (Fsp3) is 0.467. The Hall–Kier alpha value is -1.84. The first kappa shape index (κ1) is 13.6. The molecule has 1 aromatic rings. The highest BCUT2D eigenvalue weighted by molar-refractivity contribution is 5.94. The smallest absolute Gasteiger partial charge is 0.310 e. The molecular formula is C15H19NO3. The topological polar surface area (TPSA) is 46.6 Å². The van der Waals surface area contributed by atoms with Crippen molar-refractivity contribution < 1.29 is 14.3 Å². The van der Waals surface area contributed by atoms with E-state index >= 15 is 0 Å². The van der Waals surface area contributed by atoms with Crippen molar-refractivity contribution in [3.8, 4) is 0 Å². The van der Waals surface area contributed by atoms with Crippen LogP contribution in [0.1, 0.15) is 30.1 Å². The Bertz CT molecular complexity index is 454. The summed E-state index contributed by atoms with van der Waals surface area (Å²) in [5, 5.41) is 0. The van der Waals surface area contributed by atoms with Gasteiger partial charge in [0, 0.05) is 18.2 Å². The molecule has 0 saturated heterocycles. The van der Waals surface area contributed by atoms with Crippen molar-refractivity contribution in [3.63, 3.8) is 0 Å². The molecule has 0 spiro atoms. The van der Waals surface area contributed by atoms with Gasteiger partial charge in [-0.15, -0.1) is 0 Å². The summed E-state index contributed by atoms with van der Waals surface area (Å²) < 4.78 is 4.72. The van der Waals surface area contributed by atoms with Crippen LogP contribution in [-0.2, 0) is 9.53 Å². The maximum absolute atomic E-state index is 12.4. The van der Waals surface area contributed by atoms with E-state index in [9.17, 15) is 9.59 Å². The summed E-state index contributed by atoms with van der Waals surface area (Å²) in [6.45, 7) is 2.21. The van der Waals surface area contributed by atoms with E-state index in [4.69, 9.17) is 4.74 Å². The first-order valence-electron chi connectivity index (χ1n) is 6.57. The third-order valence-electron chi connectivity index (χ3n) is 3.34. The molecule has 1 unspecified atom stereocenters. The number of carbonyl (C=O) groups is 2. The molecule has 0 bridgehead atoms. The molecule has 1 aromatic carbocycles. The zero-order valence-electron chi connectivity index (χ0n) is 11.3. The number of esters is 1. The van der Waals surface area contributed by atoms with Crippen LogP contribution >= 0.6 is 0 Å². The molecule has 1 fully saturated rings. The first-order valence-corrected chi connectivity index (χ1v) is 6.57. The van der Waals surface area contributed by atoms with Crippen molar-refractivity contribution in [2.75, 3.05) is 13.7 Å². The van der Waals surface area contributed by atoms with E-state index < -0.39 is 0 Å². The summed E-state index contributed by atoms with van der Waals surface area (Å²) in [5.74, 6) is -0.566. The lowest BCUT2D eigenvalue weighted by Crippen LogP contribution is -2.38. The zero-order valence-corrected chi connectivity index (χ0v) is 11.3. The fourth-order valence-electron chi connectivity index (χ4n) is 2.10. The van der Waals surface area contributed by atoms with Crippen molar-refractivity contribution in [1.82, 2.24) is 4.90 Å². The molecule has 1 aliphatic carbocycles. The second-order valence-corrected chi connectivity index (χ2v) is 4.98. The highest BCUT2D eigenvalue weighted by Gasteiger charge is 2.35. The van der Waals surface area contributed by atoms with Gasteiger partial charge in [0.1, 0.15) is 0 Å². The van der Waals surface area contributed by atoms with Crippen molar-refractivity contribution in [2.45, 2.75) is 25.8 Å². The molecule has 0 aliphatic heterocycles. The highest BCUT2D eigenvalue weighted by atomic mass is 16.5. The number of ether oxygens (including phenoxy) is 1. The quantitative estimate of drug-likeness (QED) is 0.763. The predicted octanol–water partition coefficient (Wildman–Crippen LogP) is 2.10. The summed E-state index contributed by atoms with van der Waals surface area (Å²) in [6.07, 6.45) is 2.04. The third-order valence-corrected chi connectivity index (χ3v) is 3.34. The largest absolute Gasteiger partial charge is 0.469 e. The van der Waals surface area contributed by atoms with Crippen LogP contribution in [-0.4, -0.2) is 36.5 Å². The van der Waals surface area contributed by atoms with Crippen molar-refractivity contribution in [3.05, 3.63) is 35.9 Å². The number of methoxy groups -OCH3 is 1.